The number of carboxylic acid groups (broad SMARTS) is 1. The highest BCUT2D eigenvalue weighted by atomic mass is 32.1. The molecule has 0 unspecified atom stereocenters. The average molecular weight is 259 g/mol. The molecule has 0 fully saturated rings. The van der Waals surface area contributed by atoms with Crippen LogP contribution in [0.25, 0.3) is 11.0 Å². The number of thiophene rings is 1. The summed E-state index contributed by atoms with van der Waals surface area (Å²) < 4.78 is 1.63. The Labute approximate surface area is 106 Å². The molecule has 6 heteroatoms. The van der Waals surface area contributed by atoms with Crippen LogP contribution in [0, 0.1) is 0 Å². The van der Waals surface area contributed by atoms with E-state index in [1.54, 1.807) is 34.2 Å². The van der Waals surface area contributed by atoms with Crippen molar-refractivity contribution in [3.8, 4) is 0 Å². The number of benzene rings is 1. The van der Waals surface area contributed by atoms with Crippen molar-refractivity contribution < 1.29 is 9.90 Å². The molecule has 0 amide bonds. The van der Waals surface area contributed by atoms with Crippen LogP contribution in [0.4, 0.5) is 0 Å². The molecule has 0 aliphatic carbocycles. The summed E-state index contributed by atoms with van der Waals surface area (Å²) in [6.45, 7) is 0.540. The Balaban J connectivity index is 2.15. The van der Waals surface area contributed by atoms with Crippen molar-refractivity contribution in [1.82, 2.24) is 15.0 Å². The fraction of sp³-hybridized carbons (Fsp3) is 0.0833. The minimum Gasteiger partial charge on any atom is -0.478 e. The molecule has 3 rings (SSSR count). The zero-order valence-corrected chi connectivity index (χ0v) is 10.1. The van der Waals surface area contributed by atoms with E-state index in [1.165, 1.54) is 0 Å². The van der Waals surface area contributed by atoms with Crippen LogP contribution >= 0.6 is 11.3 Å². The molecule has 2 aromatic heterocycles. The van der Waals surface area contributed by atoms with Gasteiger partial charge in [-0.25, -0.2) is 9.48 Å². The molecule has 18 heavy (non-hydrogen) atoms. The normalized spacial score (nSPS) is 10.9. The largest absolute Gasteiger partial charge is 0.478 e. The molecule has 5 nitrogen and oxygen atoms in total. The van der Waals surface area contributed by atoms with Gasteiger partial charge in [-0.1, -0.05) is 17.3 Å². The Hall–Kier alpha value is -2.21. The van der Waals surface area contributed by atoms with E-state index in [9.17, 15) is 9.90 Å². The maximum atomic E-state index is 11.2. The number of aromatic carboxylic acids is 1. The highest BCUT2D eigenvalue weighted by Gasteiger charge is 2.14. The van der Waals surface area contributed by atoms with Crippen molar-refractivity contribution in [2.45, 2.75) is 6.54 Å². The second-order valence-corrected chi connectivity index (χ2v) is 4.84. The summed E-state index contributed by atoms with van der Waals surface area (Å²) >= 11 is 1.61. The molecule has 0 aliphatic heterocycles. The number of hydrogen-bond donors (Lipinski definition) is 1. The standard InChI is InChI=1S/C12H9N3O2S/c16-12(17)9-4-1-5-10-11(9)15(14-13-10)7-8-3-2-6-18-8/h1-6H,7H2,(H,16,17). The second kappa shape index (κ2) is 4.23. The van der Waals surface area contributed by atoms with Gasteiger partial charge < -0.3 is 5.11 Å². The van der Waals surface area contributed by atoms with Crippen molar-refractivity contribution in [2.24, 2.45) is 0 Å². The van der Waals surface area contributed by atoms with E-state index in [4.69, 9.17) is 0 Å². The van der Waals surface area contributed by atoms with Gasteiger partial charge in [-0.15, -0.1) is 16.4 Å². The number of hydrogen-bond acceptors (Lipinski definition) is 4. The molecule has 0 bridgehead atoms. The van der Waals surface area contributed by atoms with Crippen LogP contribution in [0.2, 0.25) is 0 Å². The lowest BCUT2D eigenvalue weighted by atomic mass is 10.2. The van der Waals surface area contributed by atoms with Gasteiger partial charge in [0.1, 0.15) is 11.0 Å². The SMILES string of the molecule is O=C(O)c1cccc2nnn(Cc3cccs3)c12. The van der Waals surface area contributed by atoms with Gasteiger partial charge in [0.15, 0.2) is 0 Å². The molecular formula is C12H9N3O2S. The van der Waals surface area contributed by atoms with E-state index in [2.05, 4.69) is 10.3 Å². The maximum Gasteiger partial charge on any atom is 0.337 e. The van der Waals surface area contributed by atoms with E-state index in [-0.39, 0.29) is 5.56 Å². The van der Waals surface area contributed by atoms with Crippen LogP contribution in [-0.2, 0) is 6.54 Å². The third-order valence-electron chi connectivity index (χ3n) is 2.65. The average Bonchev–Trinajstić information content (AvgIpc) is 2.99. The van der Waals surface area contributed by atoms with Crippen LogP contribution in [-0.4, -0.2) is 26.1 Å². The summed E-state index contributed by atoms with van der Waals surface area (Å²) in [4.78, 5) is 12.3. The molecule has 3 aromatic rings. The van der Waals surface area contributed by atoms with Gasteiger partial charge in [-0.2, -0.15) is 0 Å². The number of rotatable bonds is 3. The molecule has 90 valence electrons. The van der Waals surface area contributed by atoms with Gasteiger partial charge in [-0.05, 0) is 23.6 Å². The Morgan fingerprint density at radius 1 is 1.33 bits per heavy atom. The molecular weight excluding hydrogens is 250 g/mol. The molecule has 1 aromatic carbocycles. The zero-order chi connectivity index (χ0) is 12.5. The third kappa shape index (κ3) is 1.76. The minimum atomic E-state index is -0.963. The fourth-order valence-electron chi connectivity index (χ4n) is 1.86. The molecule has 0 spiro atoms. The van der Waals surface area contributed by atoms with Crippen LogP contribution in [0.15, 0.2) is 35.7 Å². The summed E-state index contributed by atoms with van der Waals surface area (Å²) in [7, 11) is 0. The second-order valence-electron chi connectivity index (χ2n) is 3.80. The fourth-order valence-corrected chi connectivity index (χ4v) is 2.55. The van der Waals surface area contributed by atoms with Gasteiger partial charge >= 0.3 is 5.97 Å². The van der Waals surface area contributed by atoms with E-state index in [0.29, 0.717) is 17.6 Å². The quantitative estimate of drug-likeness (QED) is 0.783. The topological polar surface area (TPSA) is 68.0 Å². The lowest BCUT2D eigenvalue weighted by molar-refractivity contribution is 0.0698. The lowest BCUT2D eigenvalue weighted by Gasteiger charge is -2.02. The zero-order valence-electron chi connectivity index (χ0n) is 9.28. The van der Waals surface area contributed by atoms with Gasteiger partial charge in [0, 0.05) is 4.88 Å². The summed E-state index contributed by atoms with van der Waals surface area (Å²) in [5.41, 5.74) is 1.40. The number of carbonyl (C=O) groups is 1. The number of aromatic nitrogens is 3. The molecule has 0 radical (unpaired) electrons. The summed E-state index contributed by atoms with van der Waals surface area (Å²) in [6, 6.07) is 8.95. The van der Waals surface area contributed by atoms with E-state index < -0.39 is 5.97 Å². The Morgan fingerprint density at radius 2 is 2.22 bits per heavy atom. The molecule has 0 saturated carbocycles. The Bertz CT molecular complexity index is 703. The first-order chi connectivity index (χ1) is 8.75. The summed E-state index contributed by atoms with van der Waals surface area (Å²) in [5.74, 6) is -0.963. The Morgan fingerprint density at radius 3 is 2.94 bits per heavy atom. The first-order valence-electron chi connectivity index (χ1n) is 5.33. The Kier molecular flexibility index (Phi) is 2.56. The molecule has 0 atom stereocenters. The molecule has 0 aliphatic rings. The molecule has 0 saturated heterocycles. The first-order valence-corrected chi connectivity index (χ1v) is 6.21. The predicted molar refractivity (Wildman–Crippen MR) is 67.9 cm³/mol. The van der Waals surface area contributed by atoms with E-state index >= 15 is 0 Å². The predicted octanol–water partition coefficient (Wildman–Crippen LogP) is 2.24. The molecule has 2 heterocycles. The molecule has 1 N–H and O–H groups in total. The summed E-state index contributed by atoms with van der Waals surface area (Å²) in [5, 5.41) is 19.2. The van der Waals surface area contributed by atoms with Crippen molar-refractivity contribution >= 4 is 28.3 Å². The maximum absolute atomic E-state index is 11.2. The van der Waals surface area contributed by atoms with E-state index in [1.807, 2.05) is 17.5 Å². The third-order valence-corrected chi connectivity index (χ3v) is 3.51. The lowest BCUT2D eigenvalue weighted by Crippen LogP contribution is -2.05. The van der Waals surface area contributed by atoms with Gasteiger partial charge in [-0.3, -0.25) is 0 Å². The van der Waals surface area contributed by atoms with Crippen molar-refractivity contribution in [1.29, 1.82) is 0 Å². The van der Waals surface area contributed by atoms with Crippen molar-refractivity contribution in [3.05, 3.63) is 46.2 Å². The number of fused-ring (bicyclic) bond motifs is 1. The van der Waals surface area contributed by atoms with Crippen molar-refractivity contribution in [2.75, 3.05) is 0 Å². The first kappa shape index (κ1) is 10.9. The highest BCUT2D eigenvalue weighted by molar-refractivity contribution is 7.09. The van der Waals surface area contributed by atoms with Gasteiger partial charge in [0.2, 0.25) is 0 Å². The minimum absolute atomic E-state index is 0.231. The highest BCUT2D eigenvalue weighted by Crippen LogP contribution is 2.19. The van der Waals surface area contributed by atoms with Crippen LogP contribution in [0.1, 0.15) is 15.2 Å². The van der Waals surface area contributed by atoms with Crippen LogP contribution < -0.4 is 0 Å². The van der Waals surface area contributed by atoms with E-state index in [0.717, 1.165) is 4.88 Å². The monoisotopic (exact) mass is 259 g/mol. The van der Waals surface area contributed by atoms with Gasteiger partial charge in [0.05, 0.1) is 12.1 Å². The smallest absolute Gasteiger partial charge is 0.337 e. The van der Waals surface area contributed by atoms with Crippen LogP contribution in [0.3, 0.4) is 0 Å². The number of carboxylic acids is 1. The van der Waals surface area contributed by atoms with Crippen molar-refractivity contribution in [3.63, 3.8) is 0 Å². The van der Waals surface area contributed by atoms with Crippen LogP contribution in [0.5, 0.6) is 0 Å². The number of para-hydroxylation sites is 1. The van der Waals surface area contributed by atoms with Gasteiger partial charge in [0.25, 0.3) is 0 Å². The summed E-state index contributed by atoms with van der Waals surface area (Å²) in [6.07, 6.45) is 0. The number of nitrogens with zero attached hydrogens (tertiary/aromatic N) is 3.